The molecule has 5 aromatic rings. The van der Waals surface area contributed by atoms with Gasteiger partial charge in [0, 0.05) is 20.5 Å². The number of thiophene rings is 1. The molecule has 0 bridgehead atoms. The zero-order valence-corrected chi connectivity index (χ0v) is 17.0. The lowest BCUT2D eigenvalue weighted by Gasteiger charge is -2.29. The quantitative estimate of drug-likeness (QED) is 0.279. The minimum absolute atomic E-state index is 0.354. The Morgan fingerprint density at radius 1 is 0.633 bits per heavy atom. The first kappa shape index (κ1) is 16.3. The summed E-state index contributed by atoms with van der Waals surface area (Å²) in [6, 6.07) is 37.1. The number of rotatable bonds is 1. The Hall–Kier alpha value is -3.49. The van der Waals surface area contributed by atoms with Gasteiger partial charge in [-0.25, -0.2) is 0 Å². The Kier molecular flexibility index (Phi) is 3.14. The predicted molar refractivity (Wildman–Crippen MR) is 126 cm³/mol. The fourth-order valence-corrected chi connectivity index (χ4v) is 6.77. The number of aliphatic imine (C=N–C) groups is 1. The van der Waals surface area contributed by atoms with Crippen molar-refractivity contribution in [3.63, 3.8) is 0 Å². The minimum Gasteiger partial charge on any atom is -0.251 e. The molecule has 30 heavy (non-hydrogen) atoms. The number of nitrogens with zero attached hydrogens (tertiary/aromatic N) is 1. The Bertz CT molecular complexity index is 1490. The topological polar surface area (TPSA) is 12.4 Å². The number of hydrogen-bond acceptors (Lipinski definition) is 2. The van der Waals surface area contributed by atoms with Crippen molar-refractivity contribution in [1.82, 2.24) is 0 Å². The fourth-order valence-electron chi connectivity index (χ4n) is 5.33. The summed E-state index contributed by atoms with van der Waals surface area (Å²) in [7, 11) is 0. The third-order valence-electron chi connectivity index (χ3n) is 6.48. The maximum absolute atomic E-state index is 5.25. The monoisotopic (exact) mass is 399 g/mol. The van der Waals surface area contributed by atoms with Crippen LogP contribution in [-0.2, 0) is 5.41 Å². The molecule has 1 aromatic heterocycles. The average Bonchev–Trinajstić information content (AvgIpc) is 3.44. The van der Waals surface area contributed by atoms with Crippen LogP contribution in [0.4, 0.5) is 5.69 Å². The molecule has 1 unspecified atom stereocenters. The molecule has 0 saturated carbocycles. The van der Waals surface area contributed by atoms with E-state index < -0.39 is 0 Å². The van der Waals surface area contributed by atoms with Gasteiger partial charge in [-0.05, 0) is 34.4 Å². The molecule has 4 aromatic carbocycles. The van der Waals surface area contributed by atoms with Crippen LogP contribution in [0.15, 0.2) is 108 Å². The molecule has 0 amide bonds. The van der Waals surface area contributed by atoms with E-state index in [0.29, 0.717) is 0 Å². The van der Waals surface area contributed by atoms with E-state index in [9.17, 15) is 0 Å². The number of hydrogen-bond donors (Lipinski definition) is 0. The molecule has 2 heterocycles. The minimum atomic E-state index is -0.354. The van der Waals surface area contributed by atoms with Crippen LogP contribution in [0.3, 0.4) is 0 Å². The summed E-state index contributed by atoms with van der Waals surface area (Å²) in [5.74, 6) is 0. The van der Waals surface area contributed by atoms with Gasteiger partial charge in [0.2, 0.25) is 0 Å². The maximum atomic E-state index is 5.25. The van der Waals surface area contributed by atoms with Crippen LogP contribution < -0.4 is 0 Å². The number of fused-ring (bicyclic) bond motifs is 9. The van der Waals surface area contributed by atoms with Crippen LogP contribution in [0.25, 0.3) is 21.2 Å². The van der Waals surface area contributed by atoms with Crippen LogP contribution in [0.1, 0.15) is 21.6 Å². The van der Waals surface area contributed by atoms with E-state index in [1.54, 1.807) is 0 Å². The van der Waals surface area contributed by atoms with Gasteiger partial charge in [0.1, 0.15) is 5.41 Å². The van der Waals surface area contributed by atoms with E-state index in [1.807, 2.05) is 11.3 Å². The van der Waals surface area contributed by atoms with Gasteiger partial charge in [0.05, 0.1) is 11.4 Å². The summed E-state index contributed by atoms with van der Waals surface area (Å²) in [5, 5.41) is 1.35. The second kappa shape index (κ2) is 5.78. The van der Waals surface area contributed by atoms with Crippen LogP contribution >= 0.6 is 11.3 Å². The van der Waals surface area contributed by atoms with E-state index in [2.05, 4.69) is 103 Å². The van der Waals surface area contributed by atoms with Crippen LogP contribution in [-0.4, -0.2) is 5.71 Å². The molecule has 1 aliphatic carbocycles. The Morgan fingerprint density at radius 2 is 1.33 bits per heavy atom. The Labute approximate surface area is 179 Å². The summed E-state index contributed by atoms with van der Waals surface area (Å²) in [4.78, 5) is 6.65. The number of para-hydroxylation sites is 1. The summed E-state index contributed by atoms with van der Waals surface area (Å²) in [6.07, 6.45) is 0. The fraction of sp³-hybridized carbons (Fsp3) is 0.0357. The standard InChI is InChI=1S/C28H17NS/c1-2-10-18(11-3-1)26-28(22-15-7-8-16-23(22)29-26)21-14-6-4-12-19(21)25-20-13-5-9-17-24(20)30-27(25)28/h1-17H. The average molecular weight is 400 g/mol. The molecule has 7 rings (SSSR count). The molecule has 1 aliphatic heterocycles. The highest BCUT2D eigenvalue weighted by atomic mass is 32.1. The molecular weight excluding hydrogens is 382 g/mol. The SMILES string of the molecule is c1ccc(C2=Nc3ccccc3C23c2ccccc2-c2c3sc3ccccc23)cc1. The highest BCUT2D eigenvalue weighted by Gasteiger charge is 2.54. The largest absolute Gasteiger partial charge is 0.251 e. The molecule has 0 radical (unpaired) electrons. The van der Waals surface area contributed by atoms with Crippen molar-refractivity contribution in [2.24, 2.45) is 4.99 Å². The second-order valence-corrected chi connectivity index (χ2v) is 8.99. The lowest BCUT2D eigenvalue weighted by molar-refractivity contribution is 0.903. The zero-order chi connectivity index (χ0) is 19.7. The van der Waals surface area contributed by atoms with Gasteiger partial charge in [-0.2, -0.15) is 0 Å². The van der Waals surface area contributed by atoms with Crippen molar-refractivity contribution in [1.29, 1.82) is 0 Å². The zero-order valence-electron chi connectivity index (χ0n) is 16.2. The molecule has 0 N–H and O–H groups in total. The predicted octanol–water partition coefficient (Wildman–Crippen LogP) is 7.35. The summed E-state index contributed by atoms with van der Waals surface area (Å²) >= 11 is 1.92. The van der Waals surface area contributed by atoms with Crippen LogP contribution in [0.5, 0.6) is 0 Å². The molecule has 140 valence electrons. The Morgan fingerprint density at radius 3 is 2.23 bits per heavy atom. The molecule has 1 atom stereocenters. The maximum Gasteiger partial charge on any atom is 0.101 e. The third-order valence-corrected chi connectivity index (χ3v) is 7.77. The number of benzene rings is 4. The smallest absolute Gasteiger partial charge is 0.101 e. The van der Waals surface area contributed by atoms with Gasteiger partial charge >= 0.3 is 0 Å². The van der Waals surface area contributed by atoms with Gasteiger partial charge in [-0.1, -0.05) is 91.0 Å². The molecule has 0 fully saturated rings. The lowest BCUT2D eigenvalue weighted by Crippen LogP contribution is -2.33. The van der Waals surface area contributed by atoms with Gasteiger partial charge < -0.3 is 0 Å². The molecule has 0 saturated heterocycles. The van der Waals surface area contributed by atoms with E-state index in [0.717, 1.165) is 11.4 Å². The molecule has 2 heteroatoms. The van der Waals surface area contributed by atoms with Crippen molar-refractivity contribution in [3.8, 4) is 11.1 Å². The van der Waals surface area contributed by atoms with Crippen molar-refractivity contribution in [2.45, 2.75) is 5.41 Å². The van der Waals surface area contributed by atoms with Crippen molar-refractivity contribution >= 4 is 32.8 Å². The van der Waals surface area contributed by atoms with E-state index in [-0.39, 0.29) is 5.41 Å². The van der Waals surface area contributed by atoms with Crippen LogP contribution in [0.2, 0.25) is 0 Å². The first-order valence-electron chi connectivity index (χ1n) is 10.2. The second-order valence-electron chi connectivity index (χ2n) is 7.94. The molecule has 1 spiro atoms. The first-order chi connectivity index (χ1) is 14.9. The van der Waals surface area contributed by atoms with Gasteiger partial charge in [0.15, 0.2) is 0 Å². The molecule has 2 aliphatic rings. The Balaban J connectivity index is 1.69. The summed E-state index contributed by atoms with van der Waals surface area (Å²) in [6.45, 7) is 0. The normalized spacial score (nSPS) is 18.3. The van der Waals surface area contributed by atoms with Gasteiger partial charge in [-0.15, -0.1) is 11.3 Å². The molecule has 1 nitrogen and oxygen atoms in total. The first-order valence-corrected chi connectivity index (χ1v) is 11.1. The van der Waals surface area contributed by atoms with E-state index in [1.165, 1.54) is 42.8 Å². The van der Waals surface area contributed by atoms with Gasteiger partial charge in [-0.3, -0.25) is 4.99 Å². The van der Waals surface area contributed by atoms with Crippen molar-refractivity contribution in [3.05, 3.63) is 125 Å². The molecular formula is C28H17NS. The third kappa shape index (κ3) is 1.85. The summed E-state index contributed by atoms with van der Waals surface area (Å²) in [5.41, 5.74) is 8.42. The van der Waals surface area contributed by atoms with E-state index >= 15 is 0 Å². The summed E-state index contributed by atoms with van der Waals surface area (Å²) < 4.78 is 1.34. The highest BCUT2D eigenvalue weighted by molar-refractivity contribution is 7.20. The van der Waals surface area contributed by atoms with Crippen molar-refractivity contribution < 1.29 is 0 Å². The van der Waals surface area contributed by atoms with Crippen LogP contribution in [0, 0.1) is 0 Å². The van der Waals surface area contributed by atoms with Crippen molar-refractivity contribution in [2.75, 3.05) is 0 Å². The van der Waals surface area contributed by atoms with Gasteiger partial charge in [0.25, 0.3) is 0 Å². The van der Waals surface area contributed by atoms with E-state index in [4.69, 9.17) is 4.99 Å². The lowest BCUT2D eigenvalue weighted by atomic mass is 9.71. The highest BCUT2D eigenvalue weighted by Crippen LogP contribution is 2.62.